The van der Waals surface area contributed by atoms with E-state index in [1.807, 2.05) is 24.3 Å². The van der Waals surface area contributed by atoms with E-state index in [1.54, 1.807) is 14.2 Å². The van der Waals surface area contributed by atoms with Crippen molar-refractivity contribution in [2.45, 2.75) is 37.8 Å². The molecule has 4 heteroatoms. The Hall–Kier alpha value is -2.20. The topological polar surface area (TPSA) is 41.9 Å². The normalized spacial score (nSPS) is 20.5. The quantitative estimate of drug-likeness (QED) is 0.896. The van der Waals surface area contributed by atoms with Gasteiger partial charge in [-0.15, -0.1) is 0 Å². The third-order valence-corrected chi connectivity index (χ3v) is 4.73. The van der Waals surface area contributed by atoms with E-state index in [1.165, 1.54) is 0 Å². The number of rotatable bonds is 5. The predicted octanol–water partition coefficient (Wildman–Crippen LogP) is 4.15. The standard InChI is InChI=1S/C20H25NO3/c1-23-19-11-5-16(6-12-19)21(15-3-9-18(22)10-4-15)17-7-13-20(24-2)14-8-17/h5-8,11-15,18,22H,3-4,9-10H2,1-2H3. The van der Waals surface area contributed by atoms with Crippen molar-refractivity contribution in [3.63, 3.8) is 0 Å². The monoisotopic (exact) mass is 327 g/mol. The highest BCUT2D eigenvalue weighted by molar-refractivity contribution is 5.65. The van der Waals surface area contributed by atoms with Crippen molar-refractivity contribution in [3.8, 4) is 11.5 Å². The first kappa shape index (κ1) is 16.7. The van der Waals surface area contributed by atoms with Gasteiger partial charge in [-0.1, -0.05) is 0 Å². The highest BCUT2D eigenvalue weighted by Gasteiger charge is 2.26. The zero-order valence-corrected chi connectivity index (χ0v) is 14.3. The first-order valence-electron chi connectivity index (χ1n) is 8.46. The summed E-state index contributed by atoms with van der Waals surface area (Å²) in [7, 11) is 3.36. The summed E-state index contributed by atoms with van der Waals surface area (Å²) in [6.45, 7) is 0. The molecule has 1 saturated carbocycles. The summed E-state index contributed by atoms with van der Waals surface area (Å²) in [5.74, 6) is 1.71. The van der Waals surface area contributed by atoms with Gasteiger partial charge in [-0.3, -0.25) is 0 Å². The Bertz CT molecular complexity index is 583. The van der Waals surface area contributed by atoms with Crippen LogP contribution >= 0.6 is 0 Å². The molecule has 0 radical (unpaired) electrons. The zero-order valence-electron chi connectivity index (χ0n) is 14.3. The molecule has 1 aliphatic rings. The number of ether oxygens (including phenoxy) is 2. The fourth-order valence-corrected chi connectivity index (χ4v) is 3.37. The van der Waals surface area contributed by atoms with Crippen molar-refractivity contribution in [1.82, 2.24) is 0 Å². The Balaban J connectivity index is 1.92. The smallest absolute Gasteiger partial charge is 0.119 e. The van der Waals surface area contributed by atoms with Crippen LogP contribution in [0.25, 0.3) is 0 Å². The largest absolute Gasteiger partial charge is 0.497 e. The molecule has 2 aromatic rings. The van der Waals surface area contributed by atoms with Crippen LogP contribution in [0.15, 0.2) is 48.5 Å². The molecule has 0 aromatic heterocycles. The van der Waals surface area contributed by atoms with Crippen molar-refractivity contribution in [2.75, 3.05) is 19.1 Å². The number of aliphatic hydroxyl groups excluding tert-OH is 1. The Kier molecular flexibility index (Phi) is 5.26. The number of hydrogen-bond donors (Lipinski definition) is 1. The van der Waals surface area contributed by atoms with Gasteiger partial charge in [-0.25, -0.2) is 0 Å². The van der Waals surface area contributed by atoms with Crippen molar-refractivity contribution in [3.05, 3.63) is 48.5 Å². The van der Waals surface area contributed by atoms with E-state index in [2.05, 4.69) is 29.2 Å². The van der Waals surface area contributed by atoms with Crippen LogP contribution in [0, 0.1) is 0 Å². The summed E-state index contributed by atoms with van der Waals surface area (Å²) in [6.07, 6.45) is 3.52. The van der Waals surface area contributed by atoms with E-state index >= 15 is 0 Å². The third kappa shape index (κ3) is 3.65. The van der Waals surface area contributed by atoms with Gasteiger partial charge in [0.1, 0.15) is 11.5 Å². The first-order chi connectivity index (χ1) is 11.7. The maximum absolute atomic E-state index is 9.83. The molecule has 1 N–H and O–H groups in total. The summed E-state index contributed by atoms with van der Waals surface area (Å²) < 4.78 is 10.6. The fraction of sp³-hybridized carbons (Fsp3) is 0.400. The van der Waals surface area contributed by atoms with Gasteiger partial charge in [0.2, 0.25) is 0 Å². The molecule has 0 amide bonds. The van der Waals surface area contributed by atoms with Crippen LogP contribution in [-0.2, 0) is 0 Å². The molecule has 0 spiro atoms. The molecule has 2 aromatic carbocycles. The Morgan fingerprint density at radius 1 is 0.750 bits per heavy atom. The van der Waals surface area contributed by atoms with Crippen LogP contribution in [0.5, 0.6) is 11.5 Å². The highest BCUT2D eigenvalue weighted by Crippen LogP contribution is 2.35. The molecule has 0 atom stereocenters. The minimum absolute atomic E-state index is 0.158. The molecule has 0 bridgehead atoms. The third-order valence-electron chi connectivity index (χ3n) is 4.73. The molecule has 0 aliphatic heterocycles. The minimum Gasteiger partial charge on any atom is -0.497 e. The Labute approximate surface area is 143 Å². The van der Waals surface area contributed by atoms with Gasteiger partial charge >= 0.3 is 0 Å². The average Bonchev–Trinajstić information content (AvgIpc) is 2.64. The molecule has 4 nitrogen and oxygen atoms in total. The predicted molar refractivity (Wildman–Crippen MR) is 96.4 cm³/mol. The van der Waals surface area contributed by atoms with Crippen LogP contribution < -0.4 is 14.4 Å². The van der Waals surface area contributed by atoms with Crippen molar-refractivity contribution in [1.29, 1.82) is 0 Å². The lowest BCUT2D eigenvalue weighted by Crippen LogP contribution is -2.36. The molecule has 128 valence electrons. The molecule has 24 heavy (non-hydrogen) atoms. The van der Waals surface area contributed by atoms with Gasteiger partial charge in [-0.2, -0.15) is 0 Å². The lowest BCUT2D eigenvalue weighted by atomic mass is 9.91. The van der Waals surface area contributed by atoms with E-state index in [-0.39, 0.29) is 6.10 Å². The SMILES string of the molecule is COc1ccc(N(c2ccc(OC)cc2)C2CCC(O)CC2)cc1. The van der Waals surface area contributed by atoms with Crippen LogP contribution in [-0.4, -0.2) is 31.5 Å². The second-order valence-electron chi connectivity index (χ2n) is 6.23. The molecule has 0 saturated heterocycles. The van der Waals surface area contributed by atoms with Crippen molar-refractivity contribution < 1.29 is 14.6 Å². The zero-order chi connectivity index (χ0) is 16.9. The summed E-state index contributed by atoms with van der Waals surface area (Å²) in [6, 6.07) is 16.7. The lowest BCUT2D eigenvalue weighted by molar-refractivity contribution is 0.123. The summed E-state index contributed by atoms with van der Waals surface area (Å²) >= 11 is 0. The van der Waals surface area contributed by atoms with Gasteiger partial charge < -0.3 is 19.5 Å². The maximum atomic E-state index is 9.83. The lowest BCUT2D eigenvalue weighted by Gasteiger charge is -2.37. The van der Waals surface area contributed by atoms with Crippen LogP contribution in [0.3, 0.4) is 0 Å². The molecular formula is C20H25NO3. The number of benzene rings is 2. The van der Waals surface area contributed by atoms with Gasteiger partial charge in [0, 0.05) is 17.4 Å². The number of aliphatic hydroxyl groups is 1. The molecule has 1 fully saturated rings. The Morgan fingerprint density at radius 3 is 1.54 bits per heavy atom. The van der Waals surface area contributed by atoms with Crippen LogP contribution in [0.2, 0.25) is 0 Å². The van der Waals surface area contributed by atoms with E-state index in [0.29, 0.717) is 6.04 Å². The van der Waals surface area contributed by atoms with E-state index in [9.17, 15) is 5.11 Å². The second-order valence-corrected chi connectivity index (χ2v) is 6.23. The van der Waals surface area contributed by atoms with E-state index in [4.69, 9.17) is 9.47 Å². The molecule has 1 aliphatic carbocycles. The Morgan fingerprint density at radius 2 is 1.17 bits per heavy atom. The van der Waals surface area contributed by atoms with Gasteiger partial charge in [0.25, 0.3) is 0 Å². The fourth-order valence-electron chi connectivity index (χ4n) is 3.37. The molecular weight excluding hydrogens is 302 g/mol. The van der Waals surface area contributed by atoms with Gasteiger partial charge in [0.15, 0.2) is 0 Å². The summed E-state index contributed by atoms with van der Waals surface area (Å²) in [4.78, 5) is 2.37. The average molecular weight is 327 g/mol. The number of methoxy groups -OCH3 is 2. The highest BCUT2D eigenvalue weighted by atomic mass is 16.5. The summed E-state index contributed by atoms with van der Waals surface area (Å²) in [5, 5.41) is 9.83. The summed E-state index contributed by atoms with van der Waals surface area (Å²) in [5.41, 5.74) is 2.28. The number of nitrogens with zero attached hydrogens (tertiary/aromatic N) is 1. The maximum Gasteiger partial charge on any atom is 0.119 e. The van der Waals surface area contributed by atoms with E-state index < -0.39 is 0 Å². The van der Waals surface area contributed by atoms with Gasteiger partial charge in [-0.05, 0) is 74.2 Å². The molecule has 0 heterocycles. The van der Waals surface area contributed by atoms with Crippen molar-refractivity contribution >= 4 is 11.4 Å². The van der Waals surface area contributed by atoms with E-state index in [0.717, 1.165) is 48.6 Å². The molecule has 0 unspecified atom stereocenters. The first-order valence-corrected chi connectivity index (χ1v) is 8.46. The van der Waals surface area contributed by atoms with Crippen LogP contribution in [0.1, 0.15) is 25.7 Å². The van der Waals surface area contributed by atoms with Crippen LogP contribution in [0.4, 0.5) is 11.4 Å². The molecule has 3 rings (SSSR count). The van der Waals surface area contributed by atoms with Gasteiger partial charge in [0.05, 0.1) is 20.3 Å². The number of anilines is 2. The van der Waals surface area contributed by atoms with Crippen molar-refractivity contribution in [2.24, 2.45) is 0 Å². The minimum atomic E-state index is -0.158. The second kappa shape index (κ2) is 7.58. The number of hydrogen-bond acceptors (Lipinski definition) is 4.